The number of hydrogen-bond donors (Lipinski definition) is 2. The SMILES string of the molecule is COc1cccc([C@@]23CCN(Cc4ccccc4)C[C@@]2(O)Cc2c([nH]c4ccc([N+](=O)[O-])cc24)C3)c1. The number of aliphatic hydroxyl groups is 1. The van der Waals surface area contributed by atoms with Crippen LogP contribution >= 0.6 is 0 Å². The third-order valence-electron chi connectivity index (χ3n) is 8.24. The molecule has 0 unspecified atom stereocenters. The molecule has 7 heteroatoms. The quantitative estimate of drug-likeness (QED) is 0.316. The predicted octanol–water partition coefficient (Wildman–Crippen LogP) is 4.76. The number of ether oxygens (including phenoxy) is 1. The van der Waals surface area contributed by atoms with E-state index in [-0.39, 0.29) is 10.6 Å². The minimum absolute atomic E-state index is 0.0651. The second-order valence-corrected chi connectivity index (χ2v) is 10.2. The van der Waals surface area contributed by atoms with Crippen molar-refractivity contribution in [1.29, 1.82) is 0 Å². The van der Waals surface area contributed by atoms with Crippen LogP contribution < -0.4 is 4.74 Å². The Bertz CT molecular complexity index is 1450. The van der Waals surface area contributed by atoms with E-state index in [0.717, 1.165) is 53.0 Å². The number of nitrogens with one attached hydrogen (secondary N) is 1. The summed E-state index contributed by atoms with van der Waals surface area (Å²) >= 11 is 0. The van der Waals surface area contributed by atoms with Crippen LogP contribution in [0.15, 0.2) is 72.8 Å². The maximum atomic E-state index is 12.6. The molecule has 4 aromatic rings. The first-order valence-electron chi connectivity index (χ1n) is 12.3. The maximum absolute atomic E-state index is 12.6. The van der Waals surface area contributed by atoms with Crippen LogP contribution in [0.2, 0.25) is 0 Å². The number of methoxy groups -OCH3 is 1. The molecule has 1 aliphatic heterocycles. The van der Waals surface area contributed by atoms with Gasteiger partial charge in [-0.2, -0.15) is 0 Å². The van der Waals surface area contributed by atoms with Gasteiger partial charge in [-0.3, -0.25) is 15.0 Å². The molecule has 36 heavy (non-hydrogen) atoms. The molecular formula is C29H29N3O4. The largest absolute Gasteiger partial charge is 0.497 e. The number of aromatic nitrogens is 1. The molecule has 1 fully saturated rings. The average molecular weight is 484 g/mol. The Hall–Kier alpha value is -3.68. The minimum Gasteiger partial charge on any atom is -0.497 e. The third kappa shape index (κ3) is 3.58. The Labute approximate surface area is 209 Å². The second kappa shape index (κ2) is 8.47. The Kier molecular flexibility index (Phi) is 5.35. The molecule has 0 bridgehead atoms. The van der Waals surface area contributed by atoms with Gasteiger partial charge in [0.25, 0.3) is 5.69 Å². The van der Waals surface area contributed by atoms with Crippen LogP contribution in [-0.4, -0.2) is 45.7 Å². The molecule has 1 saturated heterocycles. The van der Waals surface area contributed by atoms with Crippen molar-refractivity contribution in [2.75, 3.05) is 20.2 Å². The Balaban J connectivity index is 1.46. The van der Waals surface area contributed by atoms with Gasteiger partial charge in [0.15, 0.2) is 0 Å². The molecule has 0 amide bonds. The van der Waals surface area contributed by atoms with Crippen LogP contribution in [-0.2, 0) is 24.8 Å². The number of hydrogen-bond acceptors (Lipinski definition) is 5. The number of aromatic amines is 1. The molecule has 7 nitrogen and oxygen atoms in total. The summed E-state index contributed by atoms with van der Waals surface area (Å²) in [5.74, 6) is 0.772. The van der Waals surface area contributed by atoms with Crippen LogP contribution in [0.25, 0.3) is 10.9 Å². The number of piperidine rings is 1. The van der Waals surface area contributed by atoms with Crippen molar-refractivity contribution in [1.82, 2.24) is 9.88 Å². The molecule has 0 saturated carbocycles. The van der Waals surface area contributed by atoms with E-state index in [2.05, 4.69) is 34.1 Å². The van der Waals surface area contributed by atoms with Gasteiger partial charge in [0.05, 0.1) is 17.6 Å². The summed E-state index contributed by atoms with van der Waals surface area (Å²) in [5, 5.41) is 24.9. The topological polar surface area (TPSA) is 91.6 Å². The van der Waals surface area contributed by atoms with Gasteiger partial charge in [-0.25, -0.2) is 0 Å². The lowest BCUT2D eigenvalue weighted by atomic mass is 9.56. The normalized spacial score (nSPS) is 23.7. The molecule has 1 aliphatic carbocycles. The maximum Gasteiger partial charge on any atom is 0.270 e. The minimum atomic E-state index is -1.06. The molecule has 3 aromatic carbocycles. The zero-order chi connectivity index (χ0) is 24.9. The van der Waals surface area contributed by atoms with E-state index in [9.17, 15) is 15.2 Å². The number of nitrogens with zero attached hydrogens (tertiary/aromatic N) is 2. The summed E-state index contributed by atoms with van der Waals surface area (Å²) in [6, 6.07) is 23.3. The fourth-order valence-electron chi connectivity index (χ4n) is 6.42. The van der Waals surface area contributed by atoms with Crippen molar-refractivity contribution >= 4 is 16.6 Å². The fraction of sp³-hybridized carbons (Fsp3) is 0.310. The van der Waals surface area contributed by atoms with Crippen molar-refractivity contribution in [3.63, 3.8) is 0 Å². The van der Waals surface area contributed by atoms with E-state index in [0.29, 0.717) is 19.4 Å². The lowest BCUT2D eigenvalue weighted by Gasteiger charge is -2.56. The molecule has 0 radical (unpaired) electrons. The molecule has 6 rings (SSSR count). The fourth-order valence-corrected chi connectivity index (χ4v) is 6.42. The number of rotatable bonds is 5. The second-order valence-electron chi connectivity index (χ2n) is 10.2. The standard InChI is InChI=1S/C29H29N3O4/c1-36-23-9-5-8-21(14-23)28-12-13-31(18-20-6-3-2-4-7-20)19-29(28,33)16-25-24-15-22(32(34)35)10-11-26(24)30-27(25)17-28/h2-11,14-15,30,33H,12-13,16-19H2,1H3/t28-,29-/m0/s1. The van der Waals surface area contributed by atoms with Gasteiger partial charge in [-0.05, 0) is 47.9 Å². The highest BCUT2D eigenvalue weighted by Gasteiger charge is 2.57. The van der Waals surface area contributed by atoms with Crippen LogP contribution in [0.3, 0.4) is 0 Å². The highest BCUT2D eigenvalue weighted by atomic mass is 16.6. The van der Waals surface area contributed by atoms with E-state index in [1.165, 1.54) is 11.6 Å². The number of fused-ring (bicyclic) bond motifs is 4. The van der Waals surface area contributed by atoms with Crippen molar-refractivity contribution in [3.05, 3.63) is 105 Å². The predicted molar refractivity (Wildman–Crippen MR) is 138 cm³/mol. The molecule has 2 aliphatic rings. The number of nitro benzene ring substituents is 1. The molecule has 0 spiro atoms. The van der Waals surface area contributed by atoms with Gasteiger partial charge >= 0.3 is 0 Å². The molecular weight excluding hydrogens is 454 g/mol. The summed E-state index contributed by atoms with van der Waals surface area (Å²) in [5.41, 5.74) is 3.69. The molecule has 2 atom stereocenters. The third-order valence-corrected chi connectivity index (χ3v) is 8.24. The van der Waals surface area contributed by atoms with Crippen LogP contribution in [0, 0.1) is 10.1 Å². The van der Waals surface area contributed by atoms with Crippen LogP contribution in [0.4, 0.5) is 5.69 Å². The van der Waals surface area contributed by atoms with E-state index >= 15 is 0 Å². The van der Waals surface area contributed by atoms with E-state index in [4.69, 9.17) is 4.74 Å². The van der Waals surface area contributed by atoms with E-state index in [1.807, 2.05) is 30.3 Å². The first-order valence-corrected chi connectivity index (χ1v) is 12.3. The van der Waals surface area contributed by atoms with Crippen molar-refractivity contribution in [2.45, 2.75) is 36.8 Å². The van der Waals surface area contributed by atoms with Crippen LogP contribution in [0.1, 0.15) is 28.8 Å². The summed E-state index contributed by atoms with van der Waals surface area (Å²) < 4.78 is 5.54. The lowest BCUT2D eigenvalue weighted by molar-refractivity contribution is -0.384. The molecule has 2 N–H and O–H groups in total. The van der Waals surface area contributed by atoms with E-state index < -0.39 is 11.0 Å². The Morgan fingerprint density at radius 1 is 1.08 bits per heavy atom. The highest BCUT2D eigenvalue weighted by Crippen LogP contribution is 2.52. The Morgan fingerprint density at radius 2 is 1.92 bits per heavy atom. The summed E-state index contributed by atoms with van der Waals surface area (Å²) in [6.07, 6.45) is 1.85. The van der Waals surface area contributed by atoms with E-state index in [1.54, 1.807) is 19.2 Å². The number of β-amino-alcohol motifs (C(OH)–C–C–N with tert-alkyl or cyclic N) is 1. The van der Waals surface area contributed by atoms with Gasteiger partial charge in [-0.1, -0.05) is 42.5 Å². The first-order chi connectivity index (χ1) is 17.4. The summed E-state index contributed by atoms with van der Waals surface area (Å²) in [4.78, 5) is 17.0. The van der Waals surface area contributed by atoms with Gasteiger partial charge < -0.3 is 14.8 Å². The summed E-state index contributed by atoms with van der Waals surface area (Å²) in [6.45, 7) is 2.14. The van der Waals surface area contributed by atoms with Gasteiger partial charge in [0, 0.05) is 60.1 Å². The first kappa shape index (κ1) is 22.8. The zero-order valence-electron chi connectivity index (χ0n) is 20.2. The number of benzene rings is 3. The Morgan fingerprint density at radius 3 is 2.69 bits per heavy atom. The van der Waals surface area contributed by atoms with Crippen LogP contribution in [0.5, 0.6) is 5.75 Å². The monoisotopic (exact) mass is 483 g/mol. The summed E-state index contributed by atoms with van der Waals surface area (Å²) in [7, 11) is 1.66. The average Bonchev–Trinajstić information content (AvgIpc) is 3.23. The van der Waals surface area contributed by atoms with Crippen molar-refractivity contribution in [3.8, 4) is 5.75 Å². The van der Waals surface area contributed by atoms with Gasteiger partial charge in [0.2, 0.25) is 0 Å². The molecule has 184 valence electrons. The van der Waals surface area contributed by atoms with Gasteiger partial charge in [-0.15, -0.1) is 0 Å². The van der Waals surface area contributed by atoms with Crippen molar-refractivity contribution < 1.29 is 14.8 Å². The highest BCUT2D eigenvalue weighted by molar-refractivity contribution is 5.87. The zero-order valence-corrected chi connectivity index (χ0v) is 20.2. The van der Waals surface area contributed by atoms with Crippen molar-refractivity contribution in [2.24, 2.45) is 0 Å². The lowest BCUT2D eigenvalue weighted by Crippen LogP contribution is -2.66. The number of non-ortho nitro benzene ring substituents is 1. The van der Waals surface area contributed by atoms with Gasteiger partial charge in [0.1, 0.15) is 5.75 Å². The number of H-pyrrole nitrogens is 1. The number of likely N-dealkylation sites (tertiary alicyclic amines) is 1. The number of nitro groups is 1. The smallest absolute Gasteiger partial charge is 0.270 e. The molecule has 1 aromatic heterocycles. The molecule has 2 heterocycles.